The van der Waals surface area contributed by atoms with Crippen molar-refractivity contribution in [3.63, 3.8) is 0 Å². The van der Waals surface area contributed by atoms with E-state index in [0.717, 1.165) is 12.1 Å². The first kappa shape index (κ1) is 20.3. The predicted molar refractivity (Wildman–Crippen MR) is 97.3 cm³/mol. The molecule has 1 N–H and O–H groups in total. The number of halogens is 2. The van der Waals surface area contributed by atoms with E-state index in [-0.39, 0.29) is 28.9 Å². The minimum absolute atomic E-state index is 0.118. The molecule has 26 heavy (non-hydrogen) atoms. The molecule has 5 nitrogen and oxygen atoms in total. The second-order valence-electron chi connectivity index (χ2n) is 5.91. The fourth-order valence-electron chi connectivity index (χ4n) is 3.08. The van der Waals surface area contributed by atoms with Gasteiger partial charge in [-0.05, 0) is 45.1 Å². The van der Waals surface area contributed by atoms with Crippen LogP contribution in [0.25, 0.3) is 0 Å². The number of benzene rings is 1. The molecule has 0 fully saturated rings. The topological polar surface area (TPSA) is 50.8 Å². The van der Waals surface area contributed by atoms with Crippen molar-refractivity contribution >= 4 is 23.3 Å². The van der Waals surface area contributed by atoms with Crippen LogP contribution in [0.3, 0.4) is 0 Å². The second kappa shape index (κ2) is 8.55. The van der Waals surface area contributed by atoms with E-state index in [4.69, 9.17) is 21.7 Å². The third-order valence-electron chi connectivity index (χ3n) is 4.16. The molecule has 0 amide bonds. The van der Waals surface area contributed by atoms with Crippen LogP contribution < -0.4 is 5.32 Å². The third-order valence-corrected chi connectivity index (χ3v) is 4.47. The van der Waals surface area contributed by atoms with Gasteiger partial charge in [0, 0.05) is 12.8 Å². The molecule has 1 heterocycles. The molecule has 0 bridgehead atoms. The number of carbonyl (C=O) groups excluding carboxylic acids is 1. The second-order valence-corrected chi connectivity index (χ2v) is 6.30. The van der Waals surface area contributed by atoms with E-state index >= 15 is 0 Å². The minimum Gasteiger partial charge on any atom is -0.463 e. The van der Waals surface area contributed by atoms with E-state index in [2.05, 4.69) is 5.32 Å². The summed E-state index contributed by atoms with van der Waals surface area (Å²) in [6, 6.07) is 2.29. The fourth-order valence-corrected chi connectivity index (χ4v) is 3.51. The van der Waals surface area contributed by atoms with Crippen molar-refractivity contribution in [1.82, 2.24) is 10.2 Å². The van der Waals surface area contributed by atoms with Gasteiger partial charge in [-0.25, -0.2) is 13.6 Å². The molecule has 1 aromatic rings. The average Bonchev–Trinajstić information content (AvgIpc) is 2.54. The molecule has 2 rings (SSSR count). The highest BCUT2D eigenvalue weighted by atomic mass is 32.1. The van der Waals surface area contributed by atoms with Crippen molar-refractivity contribution < 1.29 is 23.0 Å². The molecule has 8 heteroatoms. The van der Waals surface area contributed by atoms with Crippen molar-refractivity contribution in [2.24, 2.45) is 0 Å². The standard InChI is InChI=1S/C18H22F2N2O3S/c1-5-25-17(23)14-11(3)22(10(2)9-24-4)18(26)21-16(14)15-12(19)7-6-8-13(15)20/h6-8,10,16H,5,9H2,1-4H3,(H,21,26)/t10-,16+/m1/s1. The van der Waals surface area contributed by atoms with Gasteiger partial charge in [0.15, 0.2) is 5.11 Å². The van der Waals surface area contributed by atoms with Crippen LogP contribution in [-0.4, -0.2) is 42.3 Å². The zero-order valence-electron chi connectivity index (χ0n) is 15.1. The van der Waals surface area contributed by atoms with Crippen molar-refractivity contribution in [2.75, 3.05) is 20.3 Å². The Morgan fingerprint density at radius 3 is 2.54 bits per heavy atom. The van der Waals surface area contributed by atoms with Gasteiger partial charge in [-0.3, -0.25) is 0 Å². The Kier molecular flexibility index (Phi) is 6.66. The van der Waals surface area contributed by atoms with E-state index in [9.17, 15) is 13.6 Å². The van der Waals surface area contributed by atoms with Gasteiger partial charge in [-0.1, -0.05) is 6.07 Å². The number of allylic oxidation sites excluding steroid dienone is 1. The van der Waals surface area contributed by atoms with Crippen molar-refractivity contribution in [3.8, 4) is 0 Å². The van der Waals surface area contributed by atoms with Gasteiger partial charge in [0.05, 0.1) is 36.4 Å². The Balaban J connectivity index is 2.62. The van der Waals surface area contributed by atoms with Crippen LogP contribution in [0.5, 0.6) is 0 Å². The van der Waals surface area contributed by atoms with E-state index < -0.39 is 23.6 Å². The van der Waals surface area contributed by atoms with Gasteiger partial charge in [-0.2, -0.15) is 0 Å². The van der Waals surface area contributed by atoms with E-state index in [1.807, 2.05) is 6.92 Å². The molecule has 0 saturated heterocycles. The average molecular weight is 384 g/mol. The zero-order chi connectivity index (χ0) is 19.4. The summed E-state index contributed by atoms with van der Waals surface area (Å²) in [5.41, 5.74) is 0.327. The maximum atomic E-state index is 14.4. The fraction of sp³-hybridized carbons (Fsp3) is 0.444. The highest BCUT2D eigenvalue weighted by Gasteiger charge is 2.38. The number of rotatable bonds is 6. The van der Waals surface area contributed by atoms with Crippen molar-refractivity contribution in [1.29, 1.82) is 0 Å². The summed E-state index contributed by atoms with van der Waals surface area (Å²) in [7, 11) is 1.56. The highest BCUT2D eigenvalue weighted by Crippen LogP contribution is 2.34. The molecule has 1 aliphatic heterocycles. The lowest BCUT2D eigenvalue weighted by Gasteiger charge is -2.40. The van der Waals surface area contributed by atoms with E-state index in [0.29, 0.717) is 12.3 Å². The van der Waals surface area contributed by atoms with Crippen LogP contribution >= 0.6 is 12.2 Å². The first-order valence-corrected chi connectivity index (χ1v) is 8.64. The molecule has 0 aliphatic carbocycles. The van der Waals surface area contributed by atoms with Crippen LogP contribution in [0.1, 0.15) is 32.4 Å². The Labute approximate surface area is 157 Å². The largest absolute Gasteiger partial charge is 0.463 e. The minimum atomic E-state index is -1.08. The van der Waals surface area contributed by atoms with E-state index in [1.165, 1.54) is 6.07 Å². The molecule has 1 aliphatic rings. The monoisotopic (exact) mass is 384 g/mol. The predicted octanol–water partition coefficient (Wildman–Crippen LogP) is 3.07. The third kappa shape index (κ3) is 3.86. The van der Waals surface area contributed by atoms with Crippen LogP contribution in [0.15, 0.2) is 29.5 Å². The number of hydrogen-bond donors (Lipinski definition) is 1. The summed E-state index contributed by atoms with van der Waals surface area (Å²) in [5, 5.41) is 3.14. The molecular formula is C18H22F2N2O3S. The molecule has 0 aromatic heterocycles. The normalized spacial score (nSPS) is 18.6. The van der Waals surface area contributed by atoms with Crippen molar-refractivity contribution in [3.05, 3.63) is 46.7 Å². The first-order chi connectivity index (χ1) is 12.3. The Bertz CT molecular complexity index is 719. The summed E-state index contributed by atoms with van der Waals surface area (Å²) in [6.45, 7) is 5.71. The lowest BCUT2D eigenvalue weighted by Crippen LogP contribution is -2.52. The quantitative estimate of drug-likeness (QED) is 0.601. The number of nitrogens with zero attached hydrogens (tertiary/aromatic N) is 1. The van der Waals surface area contributed by atoms with Gasteiger partial charge in [-0.15, -0.1) is 0 Å². The Hall–Kier alpha value is -2.06. The number of carbonyl (C=O) groups is 1. The smallest absolute Gasteiger partial charge is 0.338 e. The molecule has 2 atom stereocenters. The van der Waals surface area contributed by atoms with Crippen molar-refractivity contribution in [2.45, 2.75) is 32.9 Å². The number of thiocarbonyl (C=S) groups is 1. The SMILES string of the molecule is CCOC(=O)C1=C(C)N([C@H](C)COC)C(=S)N[C@@H]1c1c(F)cccc1F. The number of nitrogens with one attached hydrogen (secondary N) is 1. The maximum absolute atomic E-state index is 14.4. The summed E-state index contributed by atoms with van der Waals surface area (Å²) < 4.78 is 39.0. The van der Waals surface area contributed by atoms with Crippen LogP contribution in [0.4, 0.5) is 8.78 Å². The van der Waals surface area contributed by atoms with Gasteiger partial charge < -0.3 is 19.7 Å². The van der Waals surface area contributed by atoms with Gasteiger partial charge in [0.1, 0.15) is 11.6 Å². The molecule has 0 unspecified atom stereocenters. The number of hydrogen-bond acceptors (Lipinski definition) is 4. The maximum Gasteiger partial charge on any atom is 0.338 e. The van der Waals surface area contributed by atoms with Crippen LogP contribution in [0, 0.1) is 11.6 Å². The summed E-state index contributed by atoms with van der Waals surface area (Å²) in [6.07, 6.45) is 0. The zero-order valence-corrected chi connectivity index (χ0v) is 16.0. The number of methoxy groups -OCH3 is 1. The number of esters is 1. The van der Waals surface area contributed by atoms with Gasteiger partial charge in [0.2, 0.25) is 0 Å². The molecule has 1 aromatic carbocycles. The molecule has 142 valence electrons. The lowest BCUT2D eigenvalue weighted by molar-refractivity contribution is -0.139. The van der Waals surface area contributed by atoms with Crippen LogP contribution in [-0.2, 0) is 14.3 Å². The lowest BCUT2D eigenvalue weighted by atomic mass is 9.93. The summed E-state index contributed by atoms with van der Waals surface area (Å²) in [5.74, 6) is -2.18. The van der Waals surface area contributed by atoms with Crippen LogP contribution in [0.2, 0.25) is 0 Å². The first-order valence-electron chi connectivity index (χ1n) is 8.23. The highest BCUT2D eigenvalue weighted by molar-refractivity contribution is 7.80. The Morgan fingerprint density at radius 1 is 1.38 bits per heavy atom. The molecule has 0 saturated carbocycles. The number of ether oxygens (including phenoxy) is 2. The molecule has 0 radical (unpaired) electrons. The van der Waals surface area contributed by atoms with Gasteiger partial charge in [0.25, 0.3) is 0 Å². The summed E-state index contributed by atoms with van der Waals surface area (Å²) in [4.78, 5) is 14.3. The molecular weight excluding hydrogens is 362 g/mol. The summed E-state index contributed by atoms with van der Waals surface area (Å²) >= 11 is 5.39. The molecule has 0 spiro atoms. The van der Waals surface area contributed by atoms with E-state index in [1.54, 1.807) is 25.9 Å². The van der Waals surface area contributed by atoms with Gasteiger partial charge >= 0.3 is 5.97 Å². The Morgan fingerprint density at radius 2 is 2.00 bits per heavy atom.